The molecular formula is C24H22FN5O2. The largest absolute Gasteiger partial charge is 0.469 e. The first kappa shape index (κ1) is 20.1. The van der Waals surface area contributed by atoms with Crippen molar-refractivity contribution in [3.8, 4) is 22.4 Å². The highest BCUT2D eigenvalue weighted by molar-refractivity contribution is 5.92. The molecule has 7 nitrogen and oxygen atoms in total. The lowest BCUT2D eigenvalue weighted by Crippen LogP contribution is -2.30. The molecule has 162 valence electrons. The van der Waals surface area contributed by atoms with Crippen molar-refractivity contribution in [2.45, 2.75) is 19.5 Å². The zero-order valence-corrected chi connectivity index (χ0v) is 17.6. The average molecular weight is 431 g/mol. The molecule has 0 atom stereocenters. The van der Waals surface area contributed by atoms with E-state index in [0.29, 0.717) is 11.6 Å². The number of likely N-dealkylation sites (N-methyl/N-ethyl adjacent to an activating group) is 1. The molecule has 0 bridgehead atoms. The highest BCUT2D eigenvalue weighted by atomic mass is 19.1. The summed E-state index contributed by atoms with van der Waals surface area (Å²) in [6.07, 6.45) is 3.34. The molecule has 1 aliphatic heterocycles. The number of hydrogen-bond acceptors (Lipinski definition) is 5. The normalized spacial score (nSPS) is 13.7. The van der Waals surface area contributed by atoms with Crippen LogP contribution in [-0.2, 0) is 24.3 Å². The minimum atomic E-state index is -0.288. The molecule has 8 heteroatoms. The van der Waals surface area contributed by atoms with Crippen LogP contribution in [0.3, 0.4) is 0 Å². The van der Waals surface area contributed by atoms with Gasteiger partial charge in [-0.2, -0.15) is 5.10 Å². The van der Waals surface area contributed by atoms with Gasteiger partial charge in [0, 0.05) is 30.4 Å². The van der Waals surface area contributed by atoms with Gasteiger partial charge in [-0.3, -0.25) is 14.4 Å². The molecule has 5 rings (SSSR count). The molecule has 0 saturated heterocycles. The third-order valence-corrected chi connectivity index (χ3v) is 5.52. The lowest BCUT2D eigenvalue weighted by molar-refractivity contribution is -0.115. The number of pyridine rings is 1. The lowest BCUT2D eigenvalue weighted by Gasteiger charge is -2.24. The molecular weight excluding hydrogens is 409 g/mol. The molecule has 0 fully saturated rings. The van der Waals surface area contributed by atoms with E-state index in [1.807, 2.05) is 16.8 Å². The SMILES string of the molecule is CN1CCn2nc(-c3ccc(F)cc3)c(-c3ccnc(NC(=O)Cc4ccco4)c3)c2C1. The Hall–Kier alpha value is -3.78. The second-order valence-electron chi connectivity index (χ2n) is 7.87. The summed E-state index contributed by atoms with van der Waals surface area (Å²) in [6.45, 7) is 2.42. The number of nitrogens with zero attached hydrogens (tertiary/aromatic N) is 4. The number of amides is 1. The number of fused-ring (bicyclic) bond motifs is 1. The van der Waals surface area contributed by atoms with E-state index in [4.69, 9.17) is 9.52 Å². The summed E-state index contributed by atoms with van der Waals surface area (Å²) in [5.74, 6) is 0.545. The molecule has 1 amide bonds. The van der Waals surface area contributed by atoms with Gasteiger partial charge >= 0.3 is 0 Å². The Kier molecular flexibility index (Phi) is 5.28. The van der Waals surface area contributed by atoms with Gasteiger partial charge in [-0.05, 0) is 61.1 Å². The summed E-state index contributed by atoms with van der Waals surface area (Å²) in [6, 6.07) is 13.6. The highest BCUT2D eigenvalue weighted by Gasteiger charge is 2.25. The first-order valence-corrected chi connectivity index (χ1v) is 10.4. The van der Waals surface area contributed by atoms with E-state index >= 15 is 0 Å². The van der Waals surface area contributed by atoms with Gasteiger partial charge in [0.2, 0.25) is 5.91 Å². The maximum atomic E-state index is 13.5. The summed E-state index contributed by atoms with van der Waals surface area (Å²) in [4.78, 5) is 19.0. The summed E-state index contributed by atoms with van der Waals surface area (Å²) in [5, 5.41) is 7.69. The number of anilines is 1. The molecule has 0 spiro atoms. The Morgan fingerprint density at radius 3 is 2.78 bits per heavy atom. The van der Waals surface area contributed by atoms with E-state index in [2.05, 4.69) is 22.2 Å². The first-order valence-electron chi connectivity index (χ1n) is 10.4. The zero-order chi connectivity index (χ0) is 22.1. The lowest BCUT2D eigenvalue weighted by atomic mass is 9.98. The van der Waals surface area contributed by atoms with E-state index in [0.717, 1.165) is 47.7 Å². The maximum Gasteiger partial charge on any atom is 0.233 e. The molecule has 1 N–H and O–H groups in total. The van der Waals surface area contributed by atoms with Gasteiger partial charge in [-0.15, -0.1) is 0 Å². The second-order valence-corrected chi connectivity index (χ2v) is 7.87. The second kappa shape index (κ2) is 8.39. The van der Waals surface area contributed by atoms with Crippen LogP contribution in [0.4, 0.5) is 10.2 Å². The fourth-order valence-electron chi connectivity index (χ4n) is 3.97. The highest BCUT2D eigenvalue weighted by Crippen LogP contribution is 2.37. The van der Waals surface area contributed by atoms with Crippen LogP contribution in [-0.4, -0.2) is 39.2 Å². The van der Waals surface area contributed by atoms with Crippen LogP contribution >= 0.6 is 0 Å². The van der Waals surface area contributed by atoms with Crippen LogP contribution in [0.1, 0.15) is 11.5 Å². The van der Waals surface area contributed by atoms with Crippen molar-refractivity contribution in [2.24, 2.45) is 0 Å². The number of halogens is 1. The number of benzene rings is 1. The smallest absolute Gasteiger partial charge is 0.233 e. The van der Waals surface area contributed by atoms with E-state index in [9.17, 15) is 9.18 Å². The predicted octanol–water partition coefficient (Wildman–Crippen LogP) is 3.97. The predicted molar refractivity (Wildman–Crippen MR) is 118 cm³/mol. The Balaban J connectivity index is 1.52. The van der Waals surface area contributed by atoms with Gasteiger partial charge in [0.1, 0.15) is 23.1 Å². The van der Waals surface area contributed by atoms with E-state index in [1.165, 1.54) is 12.1 Å². The van der Waals surface area contributed by atoms with Crippen LogP contribution < -0.4 is 5.32 Å². The summed E-state index contributed by atoms with van der Waals surface area (Å²) in [5.41, 5.74) is 4.56. The fraction of sp³-hybridized carbons (Fsp3) is 0.208. The number of hydrogen-bond donors (Lipinski definition) is 1. The first-order chi connectivity index (χ1) is 15.6. The molecule has 0 saturated carbocycles. The molecule has 0 unspecified atom stereocenters. The van der Waals surface area contributed by atoms with Crippen molar-refractivity contribution < 1.29 is 13.6 Å². The third-order valence-electron chi connectivity index (χ3n) is 5.52. The van der Waals surface area contributed by atoms with Gasteiger partial charge in [0.15, 0.2) is 0 Å². The van der Waals surface area contributed by atoms with Crippen molar-refractivity contribution in [2.75, 3.05) is 18.9 Å². The molecule has 0 radical (unpaired) electrons. The number of carbonyl (C=O) groups excluding carboxylic acids is 1. The monoisotopic (exact) mass is 431 g/mol. The van der Waals surface area contributed by atoms with Crippen LogP contribution in [0.15, 0.2) is 65.4 Å². The fourth-order valence-corrected chi connectivity index (χ4v) is 3.97. The topological polar surface area (TPSA) is 76.2 Å². The van der Waals surface area contributed by atoms with Gasteiger partial charge in [0.05, 0.1) is 24.9 Å². The minimum Gasteiger partial charge on any atom is -0.469 e. The standard InChI is InChI=1S/C24H22FN5O2/c1-29-10-11-30-20(15-29)23(24(28-30)16-4-6-18(25)7-5-16)17-8-9-26-21(13-17)27-22(31)14-19-3-2-12-32-19/h2-9,12-13H,10-11,14-15H2,1H3,(H,26,27,31). The van der Waals surface area contributed by atoms with Gasteiger partial charge in [-0.1, -0.05) is 0 Å². The number of furan rings is 1. The molecule has 3 aromatic heterocycles. The van der Waals surface area contributed by atoms with Crippen LogP contribution in [0, 0.1) is 5.82 Å². The number of nitrogens with one attached hydrogen (secondary N) is 1. The van der Waals surface area contributed by atoms with Gasteiger partial charge in [-0.25, -0.2) is 9.37 Å². The molecule has 0 aliphatic carbocycles. The quantitative estimate of drug-likeness (QED) is 0.518. The van der Waals surface area contributed by atoms with Gasteiger partial charge in [0.25, 0.3) is 0 Å². The van der Waals surface area contributed by atoms with Crippen LogP contribution in [0.5, 0.6) is 0 Å². The number of rotatable bonds is 5. The van der Waals surface area contributed by atoms with Crippen molar-refractivity contribution in [1.82, 2.24) is 19.7 Å². The Labute approximate surface area is 184 Å². The summed E-state index contributed by atoms with van der Waals surface area (Å²) in [7, 11) is 2.07. The Bertz CT molecular complexity index is 1250. The summed E-state index contributed by atoms with van der Waals surface area (Å²) < 4.78 is 20.8. The molecule has 32 heavy (non-hydrogen) atoms. The molecule has 4 heterocycles. The summed E-state index contributed by atoms with van der Waals surface area (Å²) >= 11 is 0. The average Bonchev–Trinajstić information content (AvgIpc) is 3.41. The molecule has 1 aliphatic rings. The third kappa shape index (κ3) is 4.04. The van der Waals surface area contributed by atoms with Crippen molar-refractivity contribution in [1.29, 1.82) is 0 Å². The Morgan fingerprint density at radius 2 is 2.00 bits per heavy atom. The number of carbonyl (C=O) groups is 1. The van der Waals surface area contributed by atoms with E-state index in [1.54, 1.807) is 36.7 Å². The van der Waals surface area contributed by atoms with Crippen LogP contribution in [0.2, 0.25) is 0 Å². The van der Waals surface area contributed by atoms with E-state index in [-0.39, 0.29) is 18.1 Å². The van der Waals surface area contributed by atoms with Crippen molar-refractivity contribution in [3.05, 3.63) is 78.3 Å². The zero-order valence-electron chi connectivity index (χ0n) is 17.6. The maximum absolute atomic E-state index is 13.5. The number of aromatic nitrogens is 3. The molecule has 1 aromatic carbocycles. The van der Waals surface area contributed by atoms with E-state index < -0.39 is 0 Å². The van der Waals surface area contributed by atoms with Crippen molar-refractivity contribution in [3.63, 3.8) is 0 Å². The van der Waals surface area contributed by atoms with Gasteiger partial charge < -0.3 is 9.73 Å². The van der Waals surface area contributed by atoms with Crippen molar-refractivity contribution >= 4 is 11.7 Å². The van der Waals surface area contributed by atoms with Crippen LogP contribution in [0.25, 0.3) is 22.4 Å². The molecule has 4 aromatic rings. The Morgan fingerprint density at radius 1 is 1.16 bits per heavy atom. The minimum absolute atomic E-state index is 0.133.